The van der Waals surface area contributed by atoms with Gasteiger partial charge in [-0.05, 0) is 19.3 Å². The van der Waals surface area contributed by atoms with Crippen LogP contribution in [0, 0.1) is 5.92 Å². The van der Waals surface area contributed by atoms with Gasteiger partial charge in [-0.3, -0.25) is 0 Å². The standard InChI is InChI=1S/C10H18O3/c1-12-7-3-2-5-9-6-4-8-13-10(9)11/h2-3,9-11H,4-8H2,1H3/b3-2-. The van der Waals surface area contributed by atoms with Crippen LogP contribution in [0.25, 0.3) is 0 Å². The van der Waals surface area contributed by atoms with Gasteiger partial charge in [0.2, 0.25) is 0 Å². The van der Waals surface area contributed by atoms with Gasteiger partial charge in [0, 0.05) is 19.6 Å². The molecule has 2 atom stereocenters. The van der Waals surface area contributed by atoms with Gasteiger partial charge >= 0.3 is 0 Å². The van der Waals surface area contributed by atoms with E-state index < -0.39 is 6.29 Å². The fourth-order valence-corrected chi connectivity index (χ4v) is 1.50. The van der Waals surface area contributed by atoms with Gasteiger partial charge in [0.15, 0.2) is 6.29 Å². The van der Waals surface area contributed by atoms with Gasteiger partial charge in [0.1, 0.15) is 0 Å². The molecule has 0 bridgehead atoms. The molecule has 0 radical (unpaired) electrons. The lowest BCUT2D eigenvalue weighted by atomic mass is 9.97. The van der Waals surface area contributed by atoms with E-state index in [1.165, 1.54) is 0 Å². The molecule has 0 aromatic heterocycles. The summed E-state index contributed by atoms with van der Waals surface area (Å²) in [4.78, 5) is 0. The first-order valence-electron chi connectivity index (χ1n) is 4.78. The molecular weight excluding hydrogens is 168 g/mol. The zero-order chi connectivity index (χ0) is 9.52. The van der Waals surface area contributed by atoms with Crippen LogP contribution in [-0.2, 0) is 9.47 Å². The van der Waals surface area contributed by atoms with Crippen LogP contribution in [-0.4, -0.2) is 31.7 Å². The van der Waals surface area contributed by atoms with Crippen molar-refractivity contribution in [1.82, 2.24) is 0 Å². The van der Waals surface area contributed by atoms with Gasteiger partial charge in [-0.1, -0.05) is 12.2 Å². The van der Waals surface area contributed by atoms with Gasteiger partial charge < -0.3 is 14.6 Å². The molecular formula is C10H18O3. The largest absolute Gasteiger partial charge is 0.381 e. The van der Waals surface area contributed by atoms with Gasteiger partial charge in [-0.25, -0.2) is 0 Å². The van der Waals surface area contributed by atoms with Crippen LogP contribution < -0.4 is 0 Å². The molecule has 0 aromatic carbocycles. The molecule has 1 N–H and O–H groups in total. The van der Waals surface area contributed by atoms with E-state index in [1.807, 2.05) is 12.2 Å². The fourth-order valence-electron chi connectivity index (χ4n) is 1.50. The molecule has 0 aromatic rings. The summed E-state index contributed by atoms with van der Waals surface area (Å²) >= 11 is 0. The molecule has 1 fully saturated rings. The Labute approximate surface area is 79.3 Å². The average Bonchev–Trinajstić information content (AvgIpc) is 2.15. The van der Waals surface area contributed by atoms with Gasteiger partial charge in [-0.15, -0.1) is 0 Å². The Bertz CT molecular complexity index is 156. The number of ether oxygens (including phenoxy) is 2. The van der Waals surface area contributed by atoms with Gasteiger partial charge in [0.05, 0.1) is 6.61 Å². The highest BCUT2D eigenvalue weighted by atomic mass is 16.6. The Balaban J connectivity index is 2.18. The minimum absolute atomic E-state index is 0.266. The van der Waals surface area contributed by atoms with Gasteiger partial charge in [0.25, 0.3) is 0 Å². The smallest absolute Gasteiger partial charge is 0.157 e. The molecule has 0 saturated carbocycles. The van der Waals surface area contributed by atoms with Crippen molar-refractivity contribution in [3.8, 4) is 0 Å². The Kier molecular flexibility index (Phi) is 5.05. The monoisotopic (exact) mass is 186 g/mol. The summed E-state index contributed by atoms with van der Waals surface area (Å²) in [6.07, 6.45) is 6.44. The third kappa shape index (κ3) is 3.89. The highest BCUT2D eigenvalue weighted by Gasteiger charge is 2.21. The van der Waals surface area contributed by atoms with Crippen LogP contribution in [0.3, 0.4) is 0 Å². The summed E-state index contributed by atoms with van der Waals surface area (Å²) < 4.78 is 10.0. The van der Waals surface area contributed by atoms with Crippen molar-refractivity contribution in [2.75, 3.05) is 20.3 Å². The molecule has 0 spiro atoms. The van der Waals surface area contributed by atoms with Gasteiger partial charge in [-0.2, -0.15) is 0 Å². The Morgan fingerprint density at radius 2 is 2.38 bits per heavy atom. The second-order valence-electron chi connectivity index (χ2n) is 3.33. The van der Waals surface area contributed by atoms with Crippen molar-refractivity contribution in [2.45, 2.75) is 25.6 Å². The molecule has 3 nitrogen and oxygen atoms in total. The predicted octanol–water partition coefficient (Wildman–Crippen LogP) is 1.32. The second kappa shape index (κ2) is 6.13. The van der Waals surface area contributed by atoms with Crippen LogP contribution in [0.1, 0.15) is 19.3 Å². The maximum Gasteiger partial charge on any atom is 0.157 e. The first kappa shape index (κ1) is 10.7. The quantitative estimate of drug-likeness (QED) is 0.673. The van der Waals surface area contributed by atoms with E-state index >= 15 is 0 Å². The molecule has 0 aliphatic carbocycles. The zero-order valence-electron chi connectivity index (χ0n) is 8.11. The van der Waals surface area contributed by atoms with E-state index in [-0.39, 0.29) is 5.92 Å². The number of hydrogen-bond acceptors (Lipinski definition) is 3. The molecule has 13 heavy (non-hydrogen) atoms. The van der Waals surface area contributed by atoms with Crippen LogP contribution >= 0.6 is 0 Å². The third-order valence-electron chi connectivity index (χ3n) is 2.28. The summed E-state index contributed by atoms with van der Waals surface area (Å²) in [6.45, 7) is 1.34. The van der Waals surface area contributed by atoms with Crippen LogP contribution in [0.2, 0.25) is 0 Å². The summed E-state index contributed by atoms with van der Waals surface area (Å²) in [5, 5.41) is 9.44. The number of aliphatic hydroxyl groups is 1. The molecule has 0 amide bonds. The van der Waals surface area contributed by atoms with Crippen molar-refractivity contribution in [1.29, 1.82) is 0 Å². The maximum absolute atomic E-state index is 9.44. The molecule has 2 unspecified atom stereocenters. The summed E-state index contributed by atoms with van der Waals surface area (Å²) in [7, 11) is 1.67. The lowest BCUT2D eigenvalue weighted by Gasteiger charge is -2.26. The summed E-state index contributed by atoms with van der Waals surface area (Å²) in [5.41, 5.74) is 0. The van der Waals surface area contributed by atoms with E-state index in [0.29, 0.717) is 13.2 Å². The summed E-state index contributed by atoms with van der Waals surface area (Å²) in [6, 6.07) is 0. The SMILES string of the molecule is COC/C=C\CC1CCCOC1O. The normalized spacial score (nSPS) is 29.7. The highest BCUT2D eigenvalue weighted by Crippen LogP contribution is 2.22. The fraction of sp³-hybridized carbons (Fsp3) is 0.800. The van der Waals surface area contributed by atoms with E-state index in [1.54, 1.807) is 7.11 Å². The lowest BCUT2D eigenvalue weighted by Crippen LogP contribution is -2.28. The zero-order valence-corrected chi connectivity index (χ0v) is 8.11. The number of hydrogen-bond donors (Lipinski definition) is 1. The molecule has 1 heterocycles. The van der Waals surface area contributed by atoms with E-state index in [0.717, 1.165) is 19.3 Å². The summed E-state index contributed by atoms with van der Waals surface area (Å²) in [5.74, 6) is 0.266. The van der Waals surface area contributed by atoms with Crippen molar-refractivity contribution < 1.29 is 14.6 Å². The molecule has 1 rings (SSSR count). The Hall–Kier alpha value is -0.380. The lowest BCUT2D eigenvalue weighted by molar-refractivity contribution is -0.157. The van der Waals surface area contributed by atoms with E-state index in [2.05, 4.69) is 0 Å². The molecule has 1 aliphatic rings. The first-order chi connectivity index (χ1) is 6.34. The van der Waals surface area contributed by atoms with Crippen molar-refractivity contribution in [3.63, 3.8) is 0 Å². The van der Waals surface area contributed by atoms with Crippen LogP contribution in [0.5, 0.6) is 0 Å². The van der Waals surface area contributed by atoms with E-state index in [4.69, 9.17) is 9.47 Å². The molecule has 1 saturated heterocycles. The molecule has 1 aliphatic heterocycles. The Morgan fingerprint density at radius 1 is 1.54 bits per heavy atom. The average molecular weight is 186 g/mol. The van der Waals surface area contributed by atoms with Crippen LogP contribution in [0.15, 0.2) is 12.2 Å². The topological polar surface area (TPSA) is 38.7 Å². The number of rotatable bonds is 4. The van der Waals surface area contributed by atoms with Crippen molar-refractivity contribution >= 4 is 0 Å². The van der Waals surface area contributed by atoms with Crippen LogP contribution in [0.4, 0.5) is 0 Å². The minimum Gasteiger partial charge on any atom is -0.381 e. The Morgan fingerprint density at radius 3 is 3.08 bits per heavy atom. The number of allylic oxidation sites excluding steroid dienone is 1. The van der Waals surface area contributed by atoms with Crippen molar-refractivity contribution in [3.05, 3.63) is 12.2 Å². The number of aliphatic hydroxyl groups excluding tert-OH is 1. The highest BCUT2D eigenvalue weighted by molar-refractivity contribution is 4.85. The third-order valence-corrected chi connectivity index (χ3v) is 2.28. The van der Waals surface area contributed by atoms with Crippen molar-refractivity contribution in [2.24, 2.45) is 5.92 Å². The molecule has 76 valence electrons. The maximum atomic E-state index is 9.44. The molecule has 3 heteroatoms. The second-order valence-corrected chi connectivity index (χ2v) is 3.33. The first-order valence-corrected chi connectivity index (χ1v) is 4.78. The van der Waals surface area contributed by atoms with E-state index in [9.17, 15) is 5.11 Å². The minimum atomic E-state index is -0.569. The predicted molar refractivity (Wildman–Crippen MR) is 50.3 cm³/mol. The number of methoxy groups -OCH3 is 1.